The van der Waals surface area contributed by atoms with Crippen LogP contribution in [0, 0.1) is 23.7 Å². The molecule has 20 heavy (non-hydrogen) atoms. The molecule has 1 amide bonds. The summed E-state index contributed by atoms with van der Waals surface area (Å²) in [7, 11) is -3.42. The number of amides is 1. The summed E-state index contributed by atoms with van der Waals surface area (Å²) in [4.78, 5) is 12.4. The Morgan fingerprint density at radius 2 is 1.45 bits per heavy atom. The van der Waals surface area contributed by atoms with Crippen molar-refractivity contribution in [3.8, 4) is 0 Å². The molecule has 1 N–H and O–H groups in total. The number of carbonyl (C=O) groups is 1. The average molecular weight is 299 g/mol. The molecule has 0 saturated heterocycles. The standard InChI is InChI=1S/C15H25NO3S/c17-15(16-20(18,19)10-11-4-1-5-11)14(12-6-2-7-12)13-8-3-9-13/h11-14H,1-10H2,(H,16,17). The molecule has 0 aromatic rings. The quantitative estimate of drug-likeness (QED) is 0.819. The largest absolute Gasteiger partial charge is 0.274 e. The third-order valence-corrected chi connectivity index (χ3v) is 6.98. The first-order valence-corrected chi connectivity index (χ1v) is 9.75. The Morgan fingerprint density at radius 1 is 0.950 bits per heavy atom. The van der Waals surface area contributed by atoms with Gasteiger partial charge in [-0.25, -0.2) is 8.42 Å². The van der Waals surface area contributed by atoms with Crippen molar-refractivity contribution in [1.82, 2.24) is 4.72 Å². The molecule has 3 saturated carbocycles. The first-order valence-electron chi connectivity index (χ1n) is 8.09. The fraction of sp³-hybridized carbons (Fsp3) is 0.933. The van der Waals surface area contributed by atoms with Gasteiger partial charge in [0.25, 0.3) is 0 Å². The van der Waals surface area contributed by atoms with Crippen LogP contribution in [0.5, 0.6) is 0 Å². The average Bonchev–Trinajstić information content (AvgIpc) is 2.17. The summed E-state index contributed by atoms with van der Waals surface area (Å²) in [6, 6.07) is 0. The number of sulfonamides is 1. The highest BCUT2D eigenvalue weighted by Gasteiger charge is 2.41. The Bertz CT molecular complexity index is 448. The van der Waals surface area contributed by atoms with E-state index in [4.69, 9.17) is 0 Å². The third-order valence-electron chi connectivity index (χ3n) is 5.55. The van der Waals surface area contributed by atoms with Gasteiger partial charge in [0, 0.05) is 5.92 Å². The van der Waals surface area contributed by atoms with Crippen molar-refractivity contribution in [2.24, 2.45) is 23.7 Å². The Balaban J connectivity index is 1.60. The van der Waals surface area contributed by atoms with Gasteiger partial charge >= 0.3 is 0 Å². The van der Waals surface area contributed by atoms with E-state index >= 15 is 0 Å². The van der Waals surface area contributed by atoms with E-state index in [0.717, 1.165) is 44.9 Å². The van der Waals surface area contributed by atoms with Crippen molar-refractivity contribution in [2.75, 3.05) is 5.75 Å². The van der Waals surface area contributed by atoms with Gasteiger partial charge in [-0.15, -0.1) is 0 Å². The number of rotatable bonds is 6. The van der Waals surface area contributed by atoms with Gasteiger partial charge in [-0.1, -0.05) is 19.3 Å². The van der Waals surface area contributed by atoms with Crippen LogP contribution in [0.4, 0.5) is 0 Å². The van der Waals surface area contributed by atoms with Crippen LogP contribution in [0.3, 0.4) is 0 Å². The molecule has 114 valence electrons. The van der Waals surface area contributed by atoms with E-state index in [1.54, 1.807) is 0 Å². The molecule has 0 aliphatic heterocycles. The highest BCUT2D eigenvalue weighted by Crippen LogP contribution is 2.44. The van der Waals surface area contributed by atoms with E-state index in [1.165, 1.54) is 12.8 Å². The topological polar surface area (TPSA) is 63.2 Å². The predicted octanol–water partition coefficient (Wildman–Crippen LogP) is 2.45. The lowest BCUT2D eigenvalue weighted by Gasteiger charge is -2.41. The maximum atomic E-state index is 12.4. The number of carbonyl (C=O) groups excluding carboxylic acids is 1. The molecule has 3 rings (SSSR count). The van der Waals surface area contributed by atoms with Crippen LogP contribution in [0.15, 0.2) is 0 Å². The number of hydrogen-bond donors (Lipinski definition) is 1. The second-order valence-electron chi connectivity index (χ2n) is 6.95. The molecule has 3 aliphatic rings. The zero-order valence-corrected chi connectivity index (χ0v) is 12.8. The molecule has 0 atom stereocenters. The van der Waals surface area contributed by atoms with Crippen LogP contribution in [0.1, 0.15) is 57.8 Å². The zero-order valence-electron chi connectivity index (χ0n) is 12.0. The minimum absolute atomic E-state index is 0.0475. The van der Waals surface area contributed by atoms with Crippen LogP contribution >= 0.6 is 0 Å². The minimum Gasteiger partial charge on any atom is -0.274 e. The summed E-state index contributed by atoms with van der Waals surface area (Å²) < 4.78 is 26.5. The van der Waals surface area contributed by atoms with Crippen molar-refractivity contribution >= 4 is 15.9 Å². The normalized spacial score (nSPS) is 24.9. The number of hydrogen-bond acceptors (Lipinski definition) is 3. The summed E-state index contributed by atoms with van der Waals surface area (Å²) in [6.07, 6.45) is 9.86. The van der Waals surface area contributed by atoms with E-state index in [9.17, 15) is 13.2 Å². The summed E-state index contributed by atoms with van der Waals surface area (Å²) in [5.74, 6) is 1.01. The molecular weight excluding hydrogens is 274 g/mol. The SMILES string of the molecule is O=C(NS(=O)(=O)CC1CCC1)C(C1CCC1)C1CCC1. The van der Waals surface area contributed by atoms with Gasteiger partial charge in [-0.05, 0) is 56.3 Å². The van der Waals surface area contributed by atoms with Gasteiger partial charge in [0.05, 0.1) is 5.75 Å². The molecule has 3 aliphatic carbocycles. The van der Waals surface area contributed by atoms with Gasteiger partial charge in [-0.3, -0.25) is 9.52 Å². The Morgan fingerprint density at radius 3 is 1.80 bits per heavy atom. The molecule has 0 radical (unpaired) electrons. The van der Waals surface area contributed by atoms with Crippen molar-refractivity contribution in [2.45, 2.75) is 57.8 Å². The third kappa shape index (κ3) is 3.02. The summed E-state index contributed by atoms with van der Waals surface area (Å²) in [5, 5.41) is 0. The Labute approximate surface area is 121 Å². The van der Waals surface area contributed by atoms with Crippen LogP contribution in [0.25, 0.3) is 0 Å². The van der Waals surface area contributed by atoms with Gasteiger partial charge in [0.1, 0.15) is 0 Å². The molecule has 0 spiro atoms. The first-order chi connectivity index (χ1) is 9.55. The molecule has 0 aromatic carbocycles. The van der Waals surface area contributed by atoms with Gasteiger partial charge in [-0.2, -0.15) is 0 Å². The molecule has 5 heteroatoms. The summed E-state index contributed by atoms with van der Waals surface area (Å²) in [5.41, 5.74) is 0. The fourth-order valence-corrected chi connectivity index (χ4v) is 5.12. The maximum Gasteiger partial charge on any atom is 0.237 e. The Kier molecular flexibility index (Phi) is 4.07. The second kappa shape index (κ2) is 5.66. The van der Waals surface area contributed by atoms with Crippen LogP contribution in [0.2, 0.25) is 0 Å². The van der Waals surface area contributed by atoms with Crippen molar-refractivity contribution in [1.29, 1.82) is 0 Å². The van der Waals surface area contributed by atoms with E-state index in [-0.39, 0.29) is 23.5 Å². The minimum atomic E-state index is -3.42. The molecule has 0 heterocycles. The van der Waals surface area contributed by atoms with Gasteiger partial charge in [0.15, 0.2) is 0 Å². The van der Waals surface area contributed by atoms with E-state index in [1.807, 2.05) is 0 Å². The lowest BCUT2D eigenvalue weighted by molar-refractivity contribution is -0.129. The molecule has 3 fully saturated rings. The molecule has 0 aromatic heterocycles. The van der Waals surface area contributed by atoms with Crippen molar-refractivity contribution < 1.29 is 13.2 Å². The molecule has 4 nitrogen and oxygen atoms in total. The van der Waals surface area contributed by atoms with Crippen molar-refractivity contribution in [3.05, 3.63) is 0 Å². The van der Waals surface area contributed by atoms with Crippen LogP contribution in [-0.4, -0.2) is 20.1 Å². The summed E-state index contributed by atoms with van der Waals surface area (Å²) in [6.45, 7) is 0. The smallest absolute Gasteiger partial charge is 0.237 e. The first kappa shape index (κ1) is 14.4. The van der Waals surface area contributed by atoms with Crippen LogP contribution < -0.4 is 4.72 Å². The van der Waals surface area contributed by atoms with E-state index in [2.05, 4.69) is 4.72 Å². The zero-order chi connectivity index (χ0) is 14.2. The van der Waals surface area contributed by atoms with E-state index < -0.39 is 10.0 Å². The highest BCUT2D eigenvalue weighted by molar-refractivity contribution is 7.90. The fourth-order valence-electron chi connectivity index (χ4n) is 3.64. The second-order valence-corrected chi connectivity index (χ2v) is 8.72. The molecule has 0 bridgehead atoms. The van der Waals surface area contributed by atoms with Crippen LogP contribution in [-0.2, 0) is 14.8 Å². The lowest BCUT2D eigenvalue weighted by Crippen LogP contribution is -2.46. The summed E-state index contributed by atoms with van der Waals surface area (Å²) >= 11 is 0. The molecule has 0 unspecified atom stereocenters. The predicted molar refractivity (Wildman–Crippen MR) is 77.4 cm³/mol. The van der Waals surface area contributed by atoms with E-state index in [0.29, 0.717) is 11.8 Å². The monoisotopic (exact) mass is 299 g/mol. The highest BCUT2D eigenvalue weighted by atomic mass is 32.2. The maximum absolute atomic E-state index is 12.4. The van der Waals surface area contributed by atoms with Gasteiger partial charge < -0.3 is 0 Å². The van der Waals surface area contributed by atoms with Gasteiger partial charge in [0.2, 0.25) is 15.9 Å². The number of nitrogens with one attached hydrogen (secondary N) is 1. The van der Waals surface area contributed by atoms with Crippen molar-refractivity contribution in [3.63, 3.8) is 0 Å². The molecular formula is C15H25NO3S. The lowest BCUT2D eigenvalue weighted by atomic mass is 9.64. The Hall–Kier alpha value is -0.580.